The molecule has 9 heteroatoms. The van der Waals surface area contributed by atoms with E-state index < -0.39 is 23.7 Å². The summed E-state index contributed by atoms with van der Waals surface area (Å²) >= 11 is 4.56. The molecule has 0 spiro atoms. The number of hydrogen-bond acceptors (Lipinski definition) is 5. The van der Waals surface area contributed by atoms with E-state index in [4.69, 9.17) is 0 Å². The number of carbonyl (C=O) groups excluding carboxylic acids is 3. The van der Waals surface area contributed by atoms with Gasteiger partial charge in [-0.2, -0.15) is 0 Å². The summed E-state index contributed by atoms with van der Waals surface area (Å²) in [6.45, 7) is -0.187. The van der Waals surface area contributed by atoms with Gasteiger partial charge in [-0.1, -0.05) is 12.1 Å². The highest BCUT2D eigenvalue weighted by Gasteiger charge is 2.22. The lowest BCUT2D eigenvalue weighted by atomic mass is 10.0. The van der Waals surface area contributed by atoms with Crippen LogP contribution in [0.25, 0.3) is 0 Å². The molecule has 144 valence electrons. The lowest BCUT2D eigenvalue weighted by Gasteiger charge is -2.21. The topological polar surface area (TPSA) is 75.7 Å². The predicted octanol–water partition coefficient (Wildman–Crippen LogP) is 3.14. The third-order valence-electron chi connectivity index (χ3n) is 3.72. The first-order valence-corrected chi connectivity index (χ1v) is 9.53. The molecule has 1 aromatic carbocycles. The van der Waals surface area contributed by atoms with Gasteiger partial charge in [0.25, 0.3) is 5.91 Å². The zero-order chi connectivity index (χ0) is 20.0. The minimum absolute atomic E-state index is 0.108. The summed E-state index contributed by atoms with van der Waals surface area (Å²) in [5.74, 6) is -1.67. The molecule has 2 rings (SSSR count). The Morgan fingerprint density at radius 1 is 1.22 bits per heavy atom. The van der Waals surface area contributed by atoms with Gasteiger partial charge in [0, 0.05) is 7.05 Å². The minimum Gasteiger partial charge on any atom is -0.469 e. The third kappa shape index (κ3) is 6.14. The van der Waals surface area contributed by atoms with Gasteiger partial charge in [-0.05, 0) is 45.8 Å². The maximum atomic E-state index is 13.1. The molecular weight excluding hydrogens is 439 g/mol. The second kappa shape index (κ2) is 9.61. The number of methoxy groups -OCH3 is 1. The largest absolute Gasteiger partial charge is 0.469 e. The molecule has 0 saturated heterocycles. The fourth-order valence-corrected chi connectivity index (χ4v) is 3.72. The van der Waals surface area contributed by atoms with Crippen LogP contribution in [0.2, 0.25) is 0 Å². The lowest BCUT2D eigenvalue weighted by molar-refractivity contribution is -0.141. The Morgan fingerprint density at radius 2 is 1.89 bits per heavy atom. The van der Waals surface area contributed by atoms with Gasteiger partial charge in [-0.3, -0.25) is 14.4 Å². The van der Waals surface area contributed by atoms with Crippen molar-refractivity contribution >= 4 is 45.1 Å². The van der Waals surface area contributed by atoms with Gasteiger partial charge >= 0.3 is 5.97 Å². The van der Waals surface area contributed by atoms with Crippen molar-refractivity contribution < 1.29 is 23.5 Å². The van der Waals surface area contributed by atoms with E-state index in [1.807, 2.05) is 0 Å². The summed E-state index contributed by atoms with van der Waals surface area (Å²) in [4.78, 5) is 38.1. The van der Waals surface area contributed by atoms with Crippen molar-refractivity contribution in [1.82, 2.24) is 10.2 Å². The average molecular weight is 457 g/mol. The highest BCUT2D eigenvalue weighted by molar-refractivity contribution is 9.11. The van der Waals surface area contributed by atoms with Crippen LogP contribution in [-0.4, -0.2) is 43.4 Å². The van der Waals surface area contributed by atoms with E-state index in [-0.39, 0.29) is 18.9 Å². The summed E-state index contributed by atoms with van der Waals surface area (Å²) in [5, 5.41) is 2.70. The second-order valence-corrected chi connectivity index (χ2v) is 8.18. The minimum atomic E-state index is -0.690. The Bertz CT molecular complexity index is 825. The Kier molecular flexibility index (Phi) is 7.49. The van der Waals surface area contributed by atoms with Crippen LogP contribution in [0.3, 0.4) is 0 Å². The molecule has 0 saturated carbocycles. The van der Waals surface area contributed by atoms with E-state index in [2.05, 4.69) is 26.0 Å². The molecule has 6 nitrogen and oxygen atoms in total. The number of rotatable bonds is 7. The van der Waals surface area contributed by atoms with Crippen LogP contribution in [0.1, 0.15) is 27.7 Å². The second-order valence-electron chi connectivity index (χ2n) is 5.72. The van der Waals surface area contributed by atoms with Gasteiger partial charge in [-0.25, -0.2) is 4.39 Å². The Morgan fingerprint density at radius 3 is 2.44 bits per heavy atom. The maximum absolute atomic E-state index is 13.1. The molecular formula is C18H18BrFN2O4S. The van der Waals surface area contributed by atoms with Gasteiger partial charge in [0.1, 0.15) is 5.82 Å². The summed E-state index contributed by atoms with van der Waals surface area (Å²) in [6, 6.07) is 8.20. The van der Waals surface area contributed by atoms with E-state index in [1.165, 1.54) is 54.7 Å². The Hall–Kier alpha value is -2.26. The Balaban J connectivity index is 2.04. The summed E-state index contributed by atoms with van der Waals surface area (Å²) < 4.78 is 18.6. The van der Waals surface area contributed by atoms with Gasteiger partial charge in [-0.15, -0.1) is 11.3 Å². The van der Waals surface area contributed by atoms with Crippen LogP contribution in [0.15, 0.2) is 40.2 Å². The molecule has 0 aliphatic rings. The van der Waals surface area contributed by atoms with Crippen LogP contribution in [0, 0.1) is 5.82 Å². The molecule has 0 aliphatic carbocycles. The molecule has 2 amide bonds. The smallest absolute Gasteiger partial charge is 0.307 e. The van der Waals surface area contributed by atoms with Crippen molar-refractivity contribution in [3.8, 4) is 0 Å². The molecule has 2 aromatic rings. The number of hydrogen-bond donors (Lipinski definition) is 1. The van der Waals surface area contributed by atoms with Crippen molar-refractivity contribution in [3.05, 3.63) is 56.4 Å². The Labute approximate surface area is 168 Å². The first kappa shape index (κ1) is 21.0. The number of carbonyl (C=O) groups is 3. The van der Waals surface area contributed by atoms with Crippen molar-refractivity contribution in [2.45, 2.75) is 12.5 Å². The zero-order valence-corrected chi connectivity index (χ0v) is 17.1. The molecule has 0 aliphatic heterocycles. The van der Waals surface area contributed by atoms with E-state index in [1.54, 1.807) is 12.1 Å². The summed E-state index contributed by atoms with van der Waals surface area (Å²) in [6.07, 6.45) is -0.108. The fraction of sp³-hybridized carbons (Fsp3) is 0.278. The predicted molar refractivity (Wildman–Crippen MR) is 103 cm³/mol. The molecule has 0 bridgehead atoms. The number of nitrogens with zero attached hydrogens (tertiary/aromatic N) is 1. The standard InChI is InChI=1S/C18H18BrFN2O4S/c1-22(18(25)14-7-8-15(19)27-14)10-16(23)21-13(9-17(24)26-2)11-3-5-12(20)6-4-11/h3-8,13H,9-10H2,1-2H3,(H,21,23). The van der Waals surface area contributed by atoms with E-state index in [9.17, 15) is 18.8 Å². The molecule has 1 heterocycles. The van der Waals surface area contributed by atoms with Gasteiger partial charge in [0.15, 0.2) is 0 Å². The van der Waals surface area contributed by atoms with Gasteiger partial charge in [0.05, 0.1) is 34.8 Å². The van der Waals surface area contributed by atoms with Crippen LogP contribution in [0.4, 0.5) is 4.39 Å². The molecule has 1 unspecified atom stereocenters. The SMILES string of the molecule is COC(=O)CC(NC(=O)CN(C)C(=O)c1ccc(Br)s1)c1ccc(F)cc1. The van der Waals surface area contributed by atoms with E-state index >= 15 is 0 Å². The van der Waals surface area contributed by atoms with Crippen LogP contribution in [-0.2, 0) is 14.3 Å². The first-order valence-electron chi connectivity index (χ1n) is 7.92. The number of halogens is 2. The number of nitrogens with one attached hydrogen (secondary N) is 1. The normalized spacial score (nSPS) is 11.6. The fourth-order valence-electron chi connectivity index (χ4n) is 2.34. The number of thiophene rings is 1. The van der Waals surface area contributed by atoms with E-state index in [0.717, 1.165) is 3.79 Å². The van der Waals surface area contributed by atoms with Crippen molar-refractivity contribution in [3.63, 3.8) is 0 Å². The maximum Gasteiger partial charge on any atom is 0.307 e. The number of amides is 2. The lowest BCUT2D eigenvalue weighted by Crippen LogP contribution is -2.40. The third-order valence-corrected chi connectivity index (χ3v) is 5.33. The number of likely N-dealkylation sites (N-methyl/N-ethyl adjacent to an activating group) is 1. The summed E-state index contributed by atoms with van der Waals surface area (Å²) in [7, 11) is 2.76. The van der Waals surface area contributed by atoms with Crippen molar-refractivity contribution in [2.24, 2.45) is 0 Å². The number of benzene rings is 1. The first-order chi connectivity index (χ1) is 12.8. The van der Waals surface area contributed by atoms with Crippen LogP contribution in [0.5, 0.6) is 0 Å². The molecule has 27 heavy (non-hydrogen) atoms. The monoisotopic (exact) mass is 456 g/mol. The van der Waals surface area contributed by atoms with Crippen molar-refractivity contribution in [2.75, 3.05) is 20.7 Å². The highest BCUT2D eigenvalue weighted by atomic mass is 79.9. The highest BCUT2D eigenvalue weighted by Crippen LogP contribution is 2.23. The van der Waals surface area contributed by atoms with E-state index in [0.29, 0.717) is 10.4 Å². The van der Waals surface area contributed by atoms with Crippen LogP contribution < -0.4 is 5.32 Å². The van der Waals surface area contributed by atoms with Crippen LogP contribution >= 0.6 is 27.3 Å². The number of ether oxygens (including phenoxy) is 1. The average Bonchev–Trinajstić information content (AvgIpc) is 3.07. The van der Waals surface area contributed by atoms with Crippen molar-refractivity contribution in [1.29, 1.82) is 0 Å². The molecule has 0 radical (unpaired) electrons. The quantitative estimate of drug-likeness (QED) is 0.649. The zero-order valence-electron chi connectivity index (χ0n) is 14.7. The summed E-state index contributed by atoms with van der Waals surface area (Å²) in [5.41, 5.74) is 0.561. The molecule has 1 N–H and O–H groups in total. The molecule has 0 fully saturated rings. The van der Waals surface area contributed by atoms with Gasteiger partial charge < -0.3 is 15.0 Å². The molecule has 1 atom stereocenters. The molecule has 1 aromatic heterocycles. The van der Waals surface area contributed by atoms with Gasteiger partial charge in [0.2, 0.25) is 5.91 Å². The number of esters is 1.